The minimum absolute atomic E-state index is 0.0179. The summed E-state index contributed by atoms with van der Waals surface area (Å²) in [5.41, 5.74) is 2.61. The second-order valence-corrected chi connectivity index (χ2v) is 6.01. The first-order chi connectivity index (χ1) is 12.6. The number of nitrogens with zero attached hydrogens (tertiary/aromatic N) is 4. The lowest BCUT2D eigenvalue weighted by atomic mass is 10.1. The van der Waals surface area contributed by atoms with Gasteiger partial charge in [-0.2, -0.15) is 0 Å². The van der Waals surface area contributed by atoms with Gasteiger partial charge in [0.2, 0.25) is 0 Å². The number of benzene rings is 2. The van der Waals surface area contributed by atoms with E-state index in [0.717, 1.165) is 24.1 Å². The molecule has 0 saturated carbocycles. The highest BCUT2D eigenvalue weighted by atomic mass is 16.3. The fourth-order valence-corrected chi connectivity index (χ4v) is 2.49. The van der Waals surface area contributed by atoms with Crippen molar-refractivity contribution in [2.75, 3.05) is 5.32 Å². The van der Waals surface area contributed by atoms with E-state index in [9.17, 15) is 9.90 Å². The van der Waals surface area contributed by atoms with Gasteiger partial charge in [-0.25, -0.2) is 9.48 Å². The van der Waals surface area contributed by atoms with E-state index in [1.807, 2.05) is 31.2 Å². The highest BCUT2D eigenvalue weighted by molar-refractivity contribution is 5.89. The monoisotopic (exact) mass is 352 g/mol. The summed E-state index contributed by atoms with van der Waals surface area (Å²) in [7, 11) is 0. The number of phenols is 1. The molecule has 0 aliphatic heterocycles. The van der Waals surface area contributed by atoms with Gasteiger partial charge in [0.15, 0.2) is 0 Å². The smallest absolute Gasteiger partial charge is 0.319 e. The molecule has 26 heavy (non-hydrogen) atoms. The van der Waals surface area contributed by atoms with Gasteiger partial charge in [0, 0.05) is 11.7 Å². The molecule has 2 amide bonds. The fourth-order valence-electron chi connectivity index (χ4n) is 2.49. The van der Waals surface area contributed by atoms with E-state index in [2.05, 4.69) is 26.2 Å². The summed E-state index contributed by atoms with van der Waals surface area (Å²) in [6.45, 7) is 1.96. The van der Waals surface area contributed by atoms with Crippen molar-refractivity contribution in [2.45, 2.75) is 25.8 Å². The molecule has 8 heteroatoms. The number of aryl methyl sites for hydroxylation is 1. The molecule has 0 radical (unpaired) electrons. The minimum Gasteiger partial charge on any atom is -0.508 e. The van der Waals surface area contributed by atoms with Gasteiger partial charge in [-0.3, -0.25) is 0 Å². The van der Waals surface area contributed by atoms with Gasteiger partial charge < -0.3 is 15.7 Å². The third-order valence-electron chi connectivity index (χ3n) is 3.92. The number of nitrogens with one attached hydrogen (secondary N) is 2. The Morgan fingerprint density at radius 1 is 1.15 bits per heavy atom. The van der Waals surface area contributed by atoms with Crippen LogP contribution in [0.1, 0.15) is 18.9 Å². The Hall–Kier alpha value is -3.42. The van der Waals surface area contributed by atoms with E-state index in [0.29, 0.717) is 5.69 Å². The zero-order valence-corrected chi connectivity index (χ0v) is 14.3. The molecule has 2 aromatic carbocycles. The summed E-state index contributed by atoms with van der Waals surface area (Å²) in [5, 5.41) is 26.0. The molecule has 0 aliphatic rings. The maximum absolute atomic E-state index is 12.1. The van der Waals surface area contributed by atoms with Gasteiger partial charge in [-0.05, 0) is 72.2 Å². The maximum Gasteiger partial charge on any atom is 0.319 e. The Kier molecular flexibility index (Phi) is 5.43. The molecule has 1 heterocycles. The van der Waals surface area contributed by atoms with Gasteiger partial charge >= 0.3 is 6.03 Å². The molecule has 1 atom stereocenters. The van der Waals surface area contributed by atoms with Gasteiger partial charge in [-0.1, -0.05) is 12.1 Å². The number of rotatable bonds is 6. The third kappa shape index (κ3) is 4.79. The highest BCUT2D eigenvalue weighted by Gasteiger charge is 2.08. The summed E-state index contributed by atoms with van der Waals surface area (Å²) >= 11 is 0. The van der Waals surface area contributed by atoms with Crippen molar-refractivity contribution >= 4 is 11.7 Å². The largest absolute Gasteiger partial charge is 0.508 e. The second-order valence-electron chi connectivity index (χ2n) is 6.01. The van der Waals surface area contributed by atoms with Gasteiger partial charge in [0.25, 0.3) is 0 Å². The molecule has 8 nitrogen and oxygen atoms in total. The summed E-state index contributed by atoms with van der Waals surface area (Å²) in [4.78, 5) is 12.1. The van der Waals surface area contributed by atoms with Crippen LogP contribution >= 0.6 is 0 Å². The molecule has 1 aromatic heterocycles. The number of tetrazole rings is 1. The molecule has 3 N–H and O–H groups in total. The molecule has 3 rings (SSSR count). The SMILES string of the molecule is CC(CCc1ccc(O)cc1)NC(=O)Nc1ccc(-n2cnnn2)cc1. The lowest BCUT2D eigenvalue weighted by Gasteiger charge is -2.15. The first kappa shape index (κ1) is 17.4. The summed E-state index contributed by atoms with van der Waals surface area (Å²) < 4.78 is 1.54. The van der Waals surface area contributed by atoms with E-state index in [4.69, 9.17) is 0 Å². The van der Waals surface area contributed by atoms with Crippen molar-refractivity contribution in [2.24, 2.45) is 0 Å². The van der Waals surface area contributed by atoms with Crippen LogP contribution in [-0.4, -0.2) is 37.4 Å². The molecular weight excluding hydrogens is 332 g/mol. The zero-order chi connectivity index (χ0) is 18.4. The van der Waals surface area contributed by atoms with Crippen LogP contribution in [0.15, 0.2) is 54.9 Å². The van der Waals surface area contributed by atoms with E-state index < -0.39 is 0 Å². The molecule has 0 saturated heterocycles. The molecule has 0 bridgehead atoms. The average molecular weight is 352 g/mol. The number of amides is 2. The van der Waals surface area contributed by atoms with E-state index >= 15 is 0 Å². The Bertz CT molecular complexity index is 831. The van der Waals surface area contributed by atoms with Crippen LogP contribution in [0.2, 0.25) is 0 Å². The van der Waals surface area contributed by atoms with Crippen molar-refractivity contribution in [3.05, 3.63) is 60.4 Å². The molecule has 1 unspecified atom stereocenters. The Balaban J connectivity index is 1.46. The van der Waals surface area contributed by atoms with E-state index in [-0.39, 0.29) is 17.8 Å². The molecule has 3 aromatic rings. The Morgan fingerprint density at radius 2 is 1.88 bits per heavy atom. The normalized spacial score (nSPS) is 11.7. The third-order valence-corrected chi connectivity index (χ3v) is 3.92. The summed E-state index contributed by atoms with van der Waals surface area (Å²) in [6.07, 6.45) is 3.13. The van der Waals surface area contributed by atoms with Crippen LogP contribution in [0.4, 0.5) is 10.5 Å². The van der Waals surface area contributed by atoms with Gasteiger partial charge in [0.1, 0.15) is 12.1 Å². The lowest BCUT2D eigenvalue weighted by molar-refractivity contribution is 0.248. The molecule has 134 valence electrons. The highest BCUT2D eigenvalue weighted by Crippen LogP contribution is 2.13. The van der Waals surface area contributed by atoms with Crippen molar-refractivity contribution in [3.8, 4) is 11.4 Å². The van der Waals surface area contributed by atoms with Crippen molar-refractivity contribution < 1.29 is 9.90 Å². The number of hydrogen-bond acceptors (Lipinski definition) is 5. The number of urea groups is 1. The fraction of sp³-hybridized carbons (Fsp3) is 0.222. The van der Waals surface area contributed by atoms with Gasteiger partial charge in [-0.15, -0.1) is 5.10 Å². The zero-order valence-electron chi connectivity index (χ0n) is 14.3. The lowest BCUT2D eigenvalue weighted by Crippen LogP contribution is -2.36. The number of aromatic hydroxyl groups is 1. The summed E-state index contributed by atoms with van der Waals surface area (Å²) in [5.74, 6) is 0.255. The molecular formula is C18H20N6O2. The predicted molar refractivity (Wildman–Crippen MR) is 97.2 cm³/mol. The van der Waals surface area contributed by atoms with Crippen LogP contribution in [0.5, 0.6) is 5.75 Å². The van der Waals surface area contributed by atoms with Crippen LogP contribution in [0.25, 0.3) is 5.69 Å². The molecule has 0 spiro atoms. The number of hydrogen-bond donors (Lipinski definition) is 3. The van der Waals surface area contributed by atoms with Crippen molar-refractivity contribution in [3.63, 3.8) is 0 Å². The number of aromatic nitrogens is 4. The van der Waals surface area contributed by atoms with Gasteiger partial charge in [0.05, 0.1) is 5.69 Å². The predicted octanol–water partition coefficient (Wildman–Crippen LogP) is 2.51. The van der Waals surface area contributed by atoms with E-state index in [1.54, 1.807) is 24.3 Å². The molecule has 0 aliphatic carbocycles. The second kappa shape index (κ2) is 8.11. The number of anilines is 1. The quantitative estimate of drug-likeness (QED) is 0.632. The van der Waals surface area contributed by atoms with E-state index in [1.165, 1.54) is 11.0 Å². The number of phenolic OH excluding ortho intramolecular Hbond substituents is 1. The minimum atomic E-state index is -0.252. The van der Waals surface area contributed by atoms with Crippen LogP contribution in [0, 0.1) is 0 Å². The van der Waals surface area contributed by atoms with Crippen molar-refractivity contribution in [1.82, 2.24) is 25.5 Å². The first-order valence-electron chi connectivity index (χ1n) is 8.29. The van der Waals surface area contributed by atoms with Crippen LogP contribution in [-0.2, 0) is 6.42 Å². The molecule has 0 fully saturated rings. The topological polar surface area (TPSA) is 105 Å². The average Bonchev–Trinajstić information content (AvgIpc) is 3.16. The van der Waals surface area contributed by atoms with Crippen LogP contribution in [0.3, 0.4) is 0 Å². The summed E-state index contributed by atoms with van der Waals surface area (Å²) in [6, 6.07) is 14.1. The van der Waals surface area contributed by atoms with Crippen molar-refractivity contribution in [1.29, 1.82) is 0 Å². The Labute approximate surface area is 150 Å². The first-order valence-corrected chi connectivity index (χ1v) is 8.29. The Morgan fingerprint density at radius 3 is 2.54 bits per heavy atom. The van der Waals surface area contributed by atoms with Crippen LogP contribution < -0.4 is 10.6 Å². The number of carbonyl (C=O) groups is 1. The number of carbonyl (C=O) groups excluding carboxylic acids is 1. The maximum atomic E-state index is 12.1. The standard InChI is InChI=1S/C18H20N6O2/c1-13(2-3-14-4-10-17(25)11-5-14)20-18(26)21-15-6-8-16(9-7-15)24-12-19-22-23-24/h4-13,25H,2-3H2,1H3,(H2,20,21,26).